The molecule has 0 saturated carbocycles. The normalized spacial score (nSPS) is 17.5. The highest BCUT2D eigenvalue weighted by molar-refractivity contribution is 8.18. The number of carbonyl (C=O) groups excluding carboxylic acids is 1. The fraction of sp³-hybridized carbons (Fsp3) is 0.200. The molecule has 5 heteroatoms. The molecule has 0 aromatic heterocycles. The maximum Gasteiger partial charge on any atom is 0.266 e. The summed E-state index contributed by atoms with van der Waals surface area (Å²) in [6.07, 6.45) is 2.78. The lowest BCUT2D eigenvalue weighted by molar-refractivity contribution is -0.122. The van der Waals surface area contributed by atoms with Crippen LogP contribution in [0.15, 0.2) is 64.5 Å². The number of methoxy groups -OCH3 is 1. The number of hydrogen-bond acceptors (Lipinski definition) is 4. The van der Waals surface area contributed by atoms with Crippen LogP contribution in [0.25, 0.3) is 6.08 Å². The van der Waals surface area contributed by atoms with Gasteiger partial charge in [0.2, 0.25) is 0 Å². The molecule has 0 aliphatic carbocycles. The second-order valence-electron chi connectivity index (χ2n) is 5.57. The fourth-order valence-electron chi connectivity index (χ4n) is 2.51. The van der Waals surface area contributed by atoms with Gasteiger partial charge in [-0.2, -0.15) is 0 Å². The van der Waals surface area contributed by atoms with Gasteiger partial charge in [-0.05, 0) is 54.1 Å². The van der Waals surface area contributed by atoms with Gasteiger partial charge in [-0.25, -0.2) is 4.99 Å². The summed E-state index contributed by atoms with van der Waals surface area (Å²) in [6.45, 7) is 2.72. The van der Waals surface area contributed by atoms with E-state index in [0.717, 1.165) is 28.6 Å². The molecule has 25 heavy (non-hydrogen) atoms. The van der Waals surface area contributed by atoms with Crippen molar-refractivity contribution < 1.29 is 9.53 Å². The molecule has 3 rings (SSSR count). The largest absolute Gasteiger partial charge is 0.497 e. The molecule has 0 atom stereocenters. The third-order valence-electron chi connectivity index (χ3n) is 3.71. The monoisotopic (exact) mass is 352 g/mol. The summed E-state index contributed by atoms with van der Waals surface area (Å²) in [5, 5.41) is 0.729. The standard InChI is InChI=1S/C20H20N2O2S/c1-3-12-22-19(23)18(14-15-8-7-11-17(13-15)24-2)25-20(22)21-16-9-5-4-6-10-16/h4-11,13-14H,3,12H2,1-2H3/b18-14-,21-20?. The van der Waals surface area contributed by atoms with Gasteiger partial charge < -0.3 is 4.74 Å². The van der Waals surface area contributed by atoms with Crippen molar-refractivity contribution in [1.82, 2.24) is 4.90 Å². The van der Waals surface area contributed by atoms with E-state index in [1.165, 1.54) is 11.8 Å². The second kappa shape index (κ2) is 8.03. The van der Waals surface area contributed by atoms with Crippen LogP contribution in [0.4, 0.5) is 5.69 Å². The zero-order valence-electron chi connectivity index (χ0n) is 14.3. The van der Waals surface area contributed by atoms with Crippen molar-refractivity contribution in [3.05, 3.63) is 65.1 Å². The van der Waals surface area contributed by atoms with Crippen LogP contribution < -0.4 is 4.74 Å². The third-order valence-corrected chi connectivity index (χ3v) is 4.71. The molecular weight excluding hydrogens is 332 g/mol. The highest BCUT2D eigenvalue weighted by atomic mass is 32.2. The maximum absolute atomic E-state index is 12.8. The summed E-state index contributed by atoms with van der Waals surface area (Å²) in [7, 11) is 1.63. The van der Waals surface area contributed by atoms with Crippen LogP contribution in [0.5, 0.6) is 5.75 Å². The van der Waals surface area contributed by atoms with Gasteiger partial charge in [-0.1, -0.05) is 37.3 Å². The molecule has 0 spiro atoms. The lowest BCUT2D eigenvalue weighted by atomic mass is 10.2. The first-order chi connectivity index (χ1) is 12.2. The predicted octanol–water partition coefficient (Wildman–Crippen LogP) is 4.71. The molecule has 2 aromatic rings. The van der Waals surface area contributed by atoms with E-state index in [4.69, 9.17) is 4.74 Å². The first-order valence-electron chi connectivity index (χ1n) is 8.20. The number of para-hydroxylation sites is 1. The Labute approximate surface area is 152 Å². The first-order valence-corrected chi connectivity index (χ1v) is 9.02. The minimum atomic E-state index is 0.00403. The smallest absolute Gasteiger partial charge is 0.266 e. The number of thioether (sulfide) groups is 1. The number of benzene rings is 2. The van der Waals surface area contributed by atoms with Crippen molar-refractivity contribution in [3.8, 4) is 5.75 Å². The van der Waals surface area contributed by atoms with Gasteiger partial charge in [0.25, 0.3) is 5.91 Å². The molecular formula is C20H20N2O2S. The third kappa shape index (κ3) is 4.12. The van der Waals surface area contributed by atoms with Crippen LogP contribution in [0.2, 0.25) is 0 Å². The molecule has 4 nitrogen and oxygen atoms in total. The molecule has 1 aliphatic heterocycles. The van der Waals surface area contributed by atoms with Gasteiger partial charge in [0.05, 0.1) is 17.7 Å². The number of nitrogens with zero attached hydrogens (tertiary/aromatic N) is 2. The lowest BCUT2D eigenvalue weighted by Gasteiger charge is -2.13. The molecule has 1 fully saturated rings. The Morgan fingerprint density at radius 1 is 1.16 bits per heavy atom. The van der Waals surface area contributed by atoms with Gasteiger partial charge >= 0.3 is 0 Å². The molecule has 0 radical (unpaired) electrons. The van der Waals surface area contributed by atoms with Crippen LogP contribution in [0, 0.1) is 0 Å². The molecule has 0 N–H and O–H groups in total. The SMILES string of the molecule is CCCN1C(=O)/C(=C/c2cccc(OC)c2)SC1=Nc1ccccc1. The molecule has 0 unspecified atom stereocenters. The number of amides is 1. The van der Waals surface area contributed by atoms with Gasteiger partial charge in [0.1, 0.15) is 5.75 Å². The summed E-state index contributed by atoms with van der Waals surface area (Å²) < 4.78 is 5.25. The molecule has 128 valence electrons. The van der Waals surface area contributed by atoms with Crippen molar-refractivity contribution in [3.63, 3.8) is 0 Å². The zero-order chi connectivity index (χ0) is 17.6. The van der Waals surface area contributed by atoms with Crippen molar-refractivity contribution in [2.75, 3.05) is 13.7 Å². The number of amidine groups is 1. The van der Waals surface area contributed by atoms with Crippen LogP contribution in [-0.2, 0) is 4.79 Å². The highest BCUT2D eigenvalue weighted by Gasteiger charge is 2.32. The Morgan fingerprint density at radius 2 is 1.96 bits per heavy atom. The van der Waals surface area contributed by atoms with E-state index in [1.807, 2.05) is 60.7 Å². The van der Waals surface area contributed by atoms with Gasteiger partial charge in [0, 0.05) is 6.54 Å². The Hall–Kier alpha value is -2.53. The van der Waals surface area contributed by atoms with E-state index in [1.54, 1.807) is 12.0 Å². The molecule has 1 saturated heterocycles. The number of hydrogen-bond donors (Lipinski definition) is 0. The van der Waals surface area contributed by atoms with Crippen LogP contribution in [0.1, 0.15) is 18.9 Å². The summed E-state index contributed by atoms with van der Waals surface area (Å²) in [5.41, 5.74) is 1.79. The van der Waals surface area contributed by atoms with Crippen LogP contribution >= 0.6 is 11.8 Å². The van der Waals surface area contributed by atoms with Crippen LogP contribution in [-0.4, -0.2) is 29.6 Å². The Balaban J connectivity index is 1.93. The van der Waals surface area contributed by atoms with Gasteiger partial charge in [-0.3, -0.25) is 9.69 Å². The van der Waals surface area contributed by atoms with Gasteiger partial charge in [0.15, 0.2) is 5.17 Å². The van der Waals surface area contributed by atoms with Crippen LogP contribution in [0.3, 0.4) is 0 Å². The summed E-state index contributed by atoms with van der Waals surface area (Å²) >= 11 is 1.42. The van der Waals surface area contributed by atoms with Gasteiger partial charge in [-0.15, -0.1) is 0 Å². The Kier molecular flexibility index (Phi) is 5.56. The average Bonchev–Trinajstić information content (AvgIpc) is 2.92. The second-order valence-corrected chi connectivity index (χ2v) is 6.58. The molecule has 2 aromatic carbocycles. The lowest BCUT2D eigenvalue weighted by Crippen LogP contribution is -2.29. The first kappa shape index (κ1) is 17.3. The van der Waals surface area contributed by atoms with E-state index in [9.17, 15) is 4.79 Å². The van der Waals surface area contributed by atoms with E-state index in [2.05, 4.69) is 11.9 Å². The van der Waals surface area contributed by atoms with E-state index in [0.29, 0.717) is 11.4 Å². The van der Waals surface area contributed by atoms with Crippen molar-refractivity contribution >= 4 is 34.6 Å². The van der Waals surface area contributed by atoms with Crippen molar-refractivity contribution in [1.29, 1.82) is 0 Å². The minimum Gasteiger partial charge on any atom is -0.497 e. The van der Waals surface area contributed by atoms with Crippen molar-refractivity contribution in [2.24, 2.45) is 4.99 Å². The Bertz CT molecular complexity index is 815. The predicted molar refractivity (Wildman–Crippen MR) is 104 cm³/mol. The van der Waals surface area contributed by atoms with E-state index < -0.39 is 0 Å². The average molecular weight is 352 g/mol. The summed E-state index contributed by atoms with van der Waals surface area (Å²) in [6, 6.07) is 17.4. The minimum absolute atomic E-state index is 0.00403. The number of ether oxygens (including phenoxy) is 1. The van der Waals surface area contributed by atoms with E-state index in [-0.39, 0.29) is 5.91 Å². The summed E-state index contributed by atoms with van der Waals surface area (Å²) in [5.74, 6) is 0.776. The molecule has 1 aliphatic rings. The molecule has 1 amide bonds. The topological polar surface area (TPSA) is 41.9 Å². The number of rotatable bonds is 5. The summed E-state index contributed by atoms with van der Waals surface area (Å²) in [4.78, 5) is 19.9. The fourth-order valence-corrected chi connectivity index (χ4v) is 3.53. The number of aliphatic imine (C=N–C) groups is 1. The van der Waals surface area contributed by atoms with E-state index >= 15 is 0 Å². The zero-order valence-corrected chi connectivity index (χ0v) is 15.1. The molecule has 0 bridgehead atoms. The maximum atomic E-state index is 12.8. The quantitative estimate of drug-likeness (QED) is 0.732. The molecule has 1 heterocycles. The van der Waals surface area contributed by atoms with Crippen molar-refractivity contribution in [2.45, 2.75) is 13.3 Å². The number of carbonyl (C=O) groups is 1. The Morgan fingerprint density at radius 3 is 2.68 bits per heavy atom. The highest BCUT2D eigenvalue weighted by Crippen LogP contribution is 2.34.